The number of hydrogen-bond donors (Lipinski definition) is 2. The lowest BCUT2D eigenvalue weighted by atomic mass is 9.65. The lowest BCUT2D eigenvalue weighted by molar-refractivity contribution is -0.0373. The number of carbonyl (C=O) groups excluding carboxylic acids is 1. The van der Waals surface area contributed by atoms with Gasteiger partial charge < -0.3 is 15.1 Å². The third-order valence-corrected chi connectivity index (χ3v) is 9.64. The smallest absolute Gasteiger partial charge is 0.253 e. The van der Waals surface area contributed by atoms with Crippen LogP contribution in [0.4, 0.5) is 5.69 Å². The number of amides is 1. The molecule has 1 saturated carbocycles. The molecular formula is C27H38ClN5O. The van der Waals surface area contributed by atoms with Crippen LogP contribution in [0.15, 0.2) is 30.5 Å². The fraction of sp³-hybridized carbons (Fsp3) is 0.667. The molecule has 2 unspecified atom stereocenters. The molecule has 1 spiro atoms. The molecule has 7 heteroatoms. The van der Waals surface area contributed by atoms with Gasteiger partial charge in [0.25, 0.3) is 5.91 Å². The summed E-state index contributed by atoms with van der Waals surface area (Å²) >= 11 is 6.47. The van der Waals surface area contributed by atoms with Crippen molar-refractivity contribution in [3.63, 3.8) is 0 Å². The lowest BCUT2D eigenvalue weighted by Gasteiger charge is -2.55. The molecule has 0 aromatic heterocycles. The third kappa shape index (κ3) is 4.39. The standard InChI is InChI=1S/C27H38ClN5O/c28-24-3-2-21(14-25(24)32-11-1-10-29-19-32)26(34)31-12-8-27(9-13-31)6-4-20(5-7-27)18-33-22-15-23(33)17-30-16-22/h1-3,11,14,20,22-23,29-30H,4-10,12-13,15-19H2. The highest BCUT2D eigenvalue weighted by atomic mass is 35.5. The molecule has 34 heavy (non-hydrogen) atoms. The molecule has 1 aliphatic carbocycles. The molecule has 1 aromatic carbocycles. The minimum atomic E-state index is 0.147. The van der Waals surface area contributed by atoms with Gasteiger partial charge >= 0.3 is 0 Å². The van der Waals surface area contributed by atoms with Crippen molar-refractivity contribution in [3.05, 3.63) is 41.1 Å². The van der Waals surface area contributed by atoms with Crippen molar-refractivity contribution in [3.8, 4) is 0 Å². The highest BCUT2D eigenvalue weighted by molar-refractivity contribution is 6.33. The zero-order valence-corrected chi connectivity index (χ0v) is 20.9. The highest BCUT2D eigenvalue weighted by Gasteiger charge is 2.44. The van der Waals surface area contributed by atoms with Crippen molar-refractivity contribution in [2.75, 3.05) is 50.8 Å². The summed E-state index contributed by atoms with van der Waals surface area (Å²) in [6.07, 6.45) is 13.3. The van der Waals surface area contributed by atoms with Gasteiger partial charge in [-0.3, -0.25) is 15.0 Å². The Kier molecular flexibility index (Phi) is 6.35. The maximum atomic E-state index is 13.3. The van der Waals surface area contributed by atoms with Gasteiger partial charge in [-0.25, -0.2) is 0 Å². The number of hydrogen-bond acceptors (Lipinski definition) is 5. The predicted molar refractivity (Wildman–Crippen MR) is 137 cm³/mol. The Morgan fingerprint density at radius 3 is 2.50 bits per heavy atom. The molecule has 2 bridgehead atoms. The first kappa shape index (κ1) is 22.8. The Bertz CT molecular complexity index is 919. The largest absolute Gasteiger partial charge is 0.339 e. The number of nitrogens with one attached hydrogen (secondary N) is 2. The van der Waals surface area contributed by atoms with Crippen LogP contribution in [0.5, 0.6) is 0 Å². The number of fused-ring (bicyclic) bond motifs is 2. The SMILES string of the molecule is O=C(c1ccc(Cl)c(N2C=CCNC2)c1)N1CCC2(CCC(CN3C4CNCC3C4)CC2)CC1. The molecule has 3 saturated heterocycles. The van der Waals surface area contributed by atoms with Crippen LogP contribution in [0.25, 0.3) is 0 Å². The summed E-state index contributed by atoms with van der Waals surface area (Å²) in [6.45, 7) is 7.04. The number of carbonyl (C=O) groups is 1. The third-order valence-electron chi connectivity index (χ3n) is 9.32. The molecule has 4 heterocycles. The fourth-order valence-corrected chi connectivity index (χ4v) is 7.26. The van der Waals surface area contributed by atoms with E-state index < -0.39 is 0 Å². The van der Waals surface area contributed by atoms with Crippen LogP contribution < -0.4 is 15.5 Å². The number of piperazine rings is 1. The Morgan fingerprint density at radius 1 is 1.06 bits per heavy atom. The van der Waals surface area contributed by atoms with E-state index in [1.807, 2.05) is 24.4 Å². The first-order valence-corrected chi connectivity index (χ1v) is 13.7. The number of halogens is 1. The molecule has 5 aliphatic rings. The van der Waals surface area contributed by atoms with Crippen LogP contribution in [-0.4, -0.2) is 73.7 Å². The average Bonchev–Trinajstić information content (AvgIpc) is 2.89. The van der Waals surface area contributed by atoms with Crippen molar-refractivity contribution in [1.29, 1.82) is 0 Å². The van der Waals surface area contributed by atoms with Crippen LogP contribution in [0.3, 0.4) is 0 Å². The first-order valence-electron chi connectivity index (χ1n) is 13.3. The second-order valence-electron chi connectivity index (χ2n) is 11.3. The maximum absolute atomic E-state index is 13.3. The molecule has 6 rings (SSSR count). The summed E-state index contributed by atoms with van der Waals surface area (Å²) in [6, 6.07) is 7.31. The molecular weight excluding hydrogens is 446 g/mol. The number of benzene rings is 1. The molecule has 184 valence electrons. The lowest BCUT2D eigenvalue weighted by Crippen LogP contribution is -2.68. The topological polar surface area (TPSA) is 50.9 Å². The molecule has 4 aliphatic heterocycles. The van der Waals surface area contributed by atoms with Gasteiger partial charge in [0, 0.05) is 63.1 Å². The summed E-state index contributed by atoms with van der Waals surface area (Å²) in [7, 11) is 0. The van der Waals surface area contributed by atoms with E-state index in [4.69, 9.17) is 11.6 Å². The van der Waals surface area contributed by atoms with Gasteiger partial charge in [-0.1, -0.05) is 17.7 Å². The summed E-state index contributed by atoms with van der Waals surface area (Å²) < 4.78 is 0. The Labute approximate surface area is 208 Å². The van der Waals surface area contributed by atoms with Gasteiger partial charge in [-0.05, 0) is 74.5 Å². The van der Waals surface area contributed by atoms with Gasteiger partial charge in [0.2, 0.25) is 0 Å². The minimum absolute atomic E-state index is 0.147. The number of rotatable bonds is 4. The predicted octanol–water partition coefficient (Wildman–Crippen LogP) is 3.68. The van der Waals surface area contributed by atoms with Crippen LogP contribution in [0.1, 0.15) is 55.3 Å². The number of likely N-dealkylation sites (tertiary alicyclic amines) is 1. The van der Waals surface area contributed by atoms with Gasteiger partial charge in [-0.2, -0.15) is 0 Å². The Balaban J connectivity index is 1.03. The average molecular weight is 484 g/mol. The quantitative estimate of drug-likeness (QED) is 0.684. The van der Waals surface area contributed by atoms with Crippen molar-refractivity contribution in [1.82, 2.24) is 20.4 Å². The molecule has 1 aromatic rings. The Hall–Kier alpha value is -1.60. The molecule has 6 nitrogen and oxygen atoms in total. The van der Waals surface area contributed by atoms with Crippen LogP contribution in [0.2, 0.25) is 5.02 Å². The highest BCUT2D eigenvalue weighted by Crippen LogP contribution is 2.47. The van der Waals surface area contributed by atoms with Gasteiger partial charge in [0.15, 0.2) is 0 Å². The van der Waals surface area contributed by atoms with Crippen LogP contribution >= 0.6 is 11.6 Å². The van der Waals surface area contributed by atoms with Crippen molar-refractivity contribution in [2.24, 2.45) is 11.3 Å². The van der Waals surface area contributed by atoms with Crippen LogP contribution in [-0.2, 0) is 0 Å². The number of anilines is 1. The molecule has 2 N–H and O–H groups in total. The molecule has 4 fully saturated rings. The van der Waals surface area contributed by atoms with E-state index in [2.05, 4.69) is 31.4 Å². The normalized spacial score (nSPS) is 29.3. The van der Waals surface area contributed by atoms with Gasteiger partial charge in [-0.15, -0.1) is 0 Å². The zero-order chi connectivity index (χ0) is 23.1. The molecule has 0 radical (unpaired) electrons. The van der Waals surface area contributed by atoms with E-state index in [0.717, 1.165) is 61.7 Å². The van der Waals surface area contributed by atoms with E-state index in [1.165, 1.54) is 51.7 Å². The summed E-state index contributed by atoms with van der Waals surface area (Å²) in [4.78, 5) is 20.3. The zero-order valence-electron chi connectivity index (χ0n) is 20.1. The summed E-state index contributed by atoms with van der Waals surface area (Å²) in [5.41, 5.74) is 2.10. The van der Waals surface area contributed by atoms with Crippen molar-refractivity contribution in [2.45, 2.75) is 57.0 Å². The molecule has 2 atom stereocenters. The number of piperidine rings is 2. The van der Waals surface area contributed by atoms with Crippen molar-refractivity contribution < 1.29 is 4.79 Å². The van der Waals surface area contributed by atoms with E-state index >= 15 is 0 Å². The van der Waals surface area contributed by atoms with Crippen molar-refractivity contribution >= 4 is 23.2 Å². The monoisotopic (exact) mass is 483 g/mol. The summed E-state index contributed by atoms with van der Waals surface area (Å²) in [5.74, 6) is 1.02. The second kappa shape index (κ2) is 9.45. The first-order chi connectivity index (χ1) is 16.6. The van der Waals surface area contributed by atoms with E-state index in [-0.39, 0.29) is 5.91 Å². The van der Waals surface area contributed by atoms with E-state index in [9.17, 15) is 4.79 Å². The van der Waals surface area contributed by atoms with E-state index in [0.29, 0.717) is 17.1 Å². The van der Waals surface area contributed by atoms with Gasteiger partial charge in [0.1, 0.15) is 0 Å². The summed E-state index contributed by atoms with van der Waals surface area (Å²) in [5, 5.41) is 7.55. The maximum Gasteiger partial charge on any atom is 0.253 e. The van der Waals surface area contributed by atoms with E-state index in [1.54, 1.807) is 0 Å². The second-order valence-corrected chi connectivity index (χ2v) is 11.7. The minimum Gasteiger partial charge on any atom is -0.339 e. The fourth-order valence-electron chi connectivity index (χ4n) is 7.03. The van der Waals surface area contributed by atoms with Gasteiger partial charge in [0.05, 0.1) is 17.4 Å². The van der Waals surface area contributed by atoms with Crippen LogP contribution in [0, 0.1) is 11.3 Å². The Morgan fingerprint density at radius 2 is 1.82 bits per heavy atom. The number of nitrogens with zero attached hydrogens (tertiary/aromatic N) is 3. The molecule has 1 amide bonds.